The fourth-order valence-electron chi connectivity index (χ4n) is 2.44. The number of hydrogen-bond donors (Lipinski definition) is 2. The molecule has 1 aromatic heterocycles. The van der Waals surface area contributed by atoms with Crippen molar-refractivity contribution in [2.75, 3.05) is 18.0 Å². The molecule has 21 heavy (non-hydrogen) atoms. The summed E-state index contributed by atoms with van der Waals surface area (Å²) in [7, 11) is 0. The molecule has 6 heteroatoms. The van der Waals surface area contributed by atoms with Gasteiger partial charge in [-0.25, -0.2) is 9.78 Å². The summed E-state index contributed by atoms with van der Waals surface area (Å²) >= 11 is 0. The maximum Gasteiger partial charge on any atom is 0.326 e. The number of carbonyl (C=O) groups excluding carboxylic acids is 1. The zero-order chi connectivity index (χ0) is 15.2. The minimum atomic E-state index is -1.01. The second kappa shape index (κ2) is 7.06. The van der Waals surface area contributed by atoms with Gasteiger partial charge < -0.3 is 15.3 Å². The zero-order valence-corrected chi connectivity index (χ0v) is 12.2. The lowest BCUT2D eigenvalue weighted by atomic mass is 10.1. The molecule has 0 saturated carbocycles. The Labute approximate surface area is 124 Å². The molecular weight excluding hydrogens is 270 g/mol. The van der Waals surface area contributed by atoms with Gasteiger partial charge in [-0.05, 0) is 31.4 Å². The Kier molecular flexibility index (Phi) is 5.14. The minimum Gasteiger partial charge on any atom is -0.480 e. The number of pyridine rings is 1. The number of rotatable bonds is 6. The number of amides is 1. The van der Waals surface area contributed by atoms with Gasteiger partial charge in [-0.1, -0.05) is 13.3 Å². The van der Waals surface area contributed by atoms with Crippen LogP contribution in [-0.2, 0) is 4.79 Å². The average Bonchev–Trinajstić information content (AvgIpc) is 3.01. The van der Waals surface area contributed by atoms with Gasteiger partial charge in [-0.3, -0.25) is 4.79 Å². The highest BCUT2D eigenvalue weighted by atomic mass is 16.4. The lowest BCUT2D eigenvalue weighted by Gasteiger charge is -2.17. The normalized spacial score (nSPS) is 15.8. The van der Waals surface area contributed by atoms with E-state index >= 15 is 0 Å². The third kappa shape index (κ3) is 3.93. The zero-order valence-electron chi connectivity index (χ0n) is 12.2. The van der Waals surface area contributed by atoms with Gasteiger partial charge in [0.15, 0.2) is 0 Å². The van der Waals surface area contributed by atoms with Crippen LogP contribution in [0.25, 0.3) is 0 Å². The molecule has 0 aliphatic carbocycles. The molecule has 2 heterocycles. The fourth-order valence-corrected chi connectivity index (χ4v) is 2.44. The van der Waals surface area contributed by atoms with E-state index in [1.54, 1.807) is 6.07 Å². The van der Waals surface area contributed by atoms with Crippen molar-refractivity contribution in [2.45, 2.75) is 38.6 Å². The Morgan fingerprint density at radius 1 is 1.38 bits per heavy atom. The topological polar surface area (TPSA) is 82.5 Å². The minimum absolute atomic E-state index is 0.389. The van der Waals surface area contributed by atoms with Crippen molar-refractivity contribution in [3.05, 3.63) is 23.9 Å². The summed E-state index contributed by atoms with van der Waals surface area (Å²) in [6, 6.07) is 2.66. The Bertz CT molecular complexity index is 495. The van der Waals surface area contributed by atoms with Crippen molar-refractivity contribution < 1.29 is 14.7 Å². The van der Waals surface area contributed by atoms with Crippen LogP contribution in [0.3, 0.4) is 0 Å². The Morgan fingerprint density at radius 3 is 2.62 bits per heavy atom. The van der Waals surface area contributed by atoms with Crippen LogP contribution in [0.15, 0.2) is 18.3 Å². The molecule has 114 valence electrons. The van der Waals surface area contributed by atoms with Crippen LogP contribution in [0.2, 0.25) is 0 Å². The van der Waals surface area contributed by atoms with Gasteiger partial charge in [0, 0.05) is 19.3 Å². The maximum absolute atomic E-state index is 12.0. The number of aliphatic carboxylic acids is 1. The van der Waals surface area contributed by atoms with Crippen molar-refractivity contribution in [1.29, 1.82) is 0 Å². The van der Waals surface area contributed by atoms with Gasteiger partial charge in [0.1, 0.15) is 11.9 Å². The lowest BCUT2D eigenvalue weighted by Crippen LogP contribution is -2.40. The summed E-state index contributed by atoms with van der Waals surface area (Å²) in [6.45, 7) is 3.88. The number of carbonyl (C=O) groups is 2. The molecule has 0 radical (unpaired) electrons. The molecule has 1 fully saturated rings. The first-order valence-electron chi connectivity index (χ1n) is 7.36. The molecule has 1 saturated heterocycles. The molecule has 1 aromatic rings. The number of nitrogens with one attached hydrogen (secondary N) is 1. The van der Waals surface area contributed by atoms with E-state index in [-0.39, 0.29) is 0 Å². The molecule has 1 aliphatic heterocycles. The van der Waals surface area contributed by atoms with Crippen LogP contribution < -0.4 is 10.2 Å². The SMILES string of the molecule is CCCC(NC(=O)c1ccc(N2CCCC2)nc1)C(=O)O. The molecule has 0 aromatic carbocycles. The Hall–Kier alpha value is -2.11. The van der Waals surface area contributed by atoms with Gasteiger partial charge in [0.25, 0.3) is 5.91 Å². The number of nitrogens with zero attached hydrogens (tertiary/aromatic N) is 2. The first-order valence-corrected chi connectivity index (χ1v) is 7.36. The van der Waals surface area contributed by atoms with Crippen LogP contribution in [0.5, 0.6) is 0 Å². The molecule has 0 spiro atoms. The molecule has 1 aliphatic rings. The van der Waals surface area contributed by atoms with E-state index in [2.05, 4.69) is 15.2 Å². The quantitative estimate of drug-likeness (QED) is 0.833. The first-order chi connectivity index (χ1) is 10.1. The van der Waals surface area contributed by atoms with Crippen molar-refractivity contribution in [3.8, 4) is 0 Å². The van der Waals surface area contributed by atoms with E-state index in [4.69, 9.17) is 5.11 Å². The molecule has 2 N–H and O–H groups in total. The maximum atomic E-state index is 12.0. The van der Waals surface area contributed by atoms with Crippen LogP contribution in [0.4, 0.5) is 5.82 Å². The predicted octanol–water partition coefficient (Wildman–Crippen LogP) is 1.66. The summed E-state index contributed by atoms with van der Waals surface area (Å²) < 4.78 is 0. The number of anilines is 1. The van der Waals surface area contributed by atoms with Gasteiger partial charge in [-0.15, -0.1) is 0 Å². The largest absolute Gasteiger partial charge is 0.480 e. The van der Waals surface area contributed by atoms with Gasteiger partial charge in [-0.2, -0.15) is 0 Å². The first kappa shape index (κ1) is 15.3. The molecule has 0 bridgehead atoms. The Morgan fingerprint density at radius 2 is 2.10 bits per heavy atom. The second-order valence-electron chi connectivity index (χ2n) is 5.25. The number of aromatic nitrogens is 1. The van der Waals surface area contributed by atoms with E-state index in [1.165, 1.54) is 19.0 Å². The molecule has 6 nitrogen and oxygen atoms in total. The summed E-state index contributed by atoms with van der Waals surface area (Å²) in [4.78, 5) is 29.6. The molecular formula is C15H21N3O3. The van der Waals surface area contributed by atoms with E-state index < -0.39 is 17.9 Å². The average molecular weight is 291 g/mol. The Balaban J connectivity index is 2.00. The molecule has 1 unspecified atom stereocenters. The second-order valence-corrected chi connectivity index (χ2v) is 5.25. The fraction of sp³-hybridized carbons (Fsp3) is 0.533. The highest BCUT2D eigenvalue weighted by molar-refractivity contribution is 5.96. The molecule has 2 rings (SSSR count). The summed E-state index contributed by atoms with van der Waals surface area (Å²) in [6.07, 6.45) is 4.96. The van der Waals surface area contributed by atoms with Crippen LogP contribution in [-0.4, -0.2) is 41.1 Å². The highest BCUT2D eigenvalue weighted by Gasteiger charge is 2.20. The van der Waals surface area contributed by atoms with Gasteiger partial charge in [0.05, 0.1) is 5.56 Å². The van der Waals surface area contributed by atoms with Crippen molar-refractivity contribution >= 4 is 17.7 Å². The van der Waals surface area contributed by atoms with Crippen LogP contribution in [0, 0.1) is 0 Å². The standard InChI is InChI=1S/C15H21N3O3/c1-2-5-12(15(20)21)17-14(19)11-6-7-13(16-10-11)18-8-3-4-9-18/h6-7,10,12H,2-5,8-9H2,1H3,(H,17,19)(H,20,21). The summed E-state index contributed by atoms with van der Waals surface area (Å²) in [5, 5.41) is 11.6. The van der Waals surface area contributed by atoms with E-state index in [0.29, 0.717) is 18.4 Å². The lowest BCUT2D eigenvalue weighted by molar-refractivity contribution is -0.139. The van der Waals surface area contributed by atoms with Crippen LogP contribution >= 0.6 is 0 Å². The van der Waals surface area contributed by atoms with Crippen LogP contribution in [0.1, 0.15) is 43.0 Å². The van der Waals surface area contributed by atoms with Crippen molar-refractivity contribution in [2.24, 2.45) is 0 Å². The number of carboxylic acid groups (broad SMARTS) is 1. The summed E-state index contributed by atoms with van der Waals surface area (Å²) in [5.74, 6) is -0.532. The van der Waals surface area contributed by atoms with E-state index in [0.717, 1.165) is 18.9 Å². The van der Waals surface area contributed by atoms with Crippen molar-refractivity contribution in [1.82, 2.24) is 10.3 Å². The molecule has 1 atom stereocenters. The monoisotopic (exact) mass is 291 g/mol. The van der Waals surface area contributed by atoms with Gasteiger partial charge in [0.2, 0.25) is 0 Å². The molecule has 1 amide bonds. The van der Waals surface area contributed by atoms with Gasteiger partial charge >= 0.3 is 5.97 Å². The third-order valence-corrected chi connectivity index (χ3v) is 3.62. The van der Waals surface area contributed by atoms with Crippen molar-refractivity contribution in [3.63, 3.8) is 0 Å². The number of carboxylic acids is 1. The smallest absolute Gasteiger partial charge is 0.326 e. The number of hydrogen-bond acceptors (Lipinski definition) is 4. The highest BCUT2D eigenvalue weighted by Crippen LogP contribution is 2.17. The van der Waals surface area contributed by atoms with E-state index in [9.17, 15) is 9.59 Å². The predicted molar refractivity (Wildman–Crippen MR) is 79.5 cm³/mol. The summed E-state index contributed by atoms with van der Waals surface area (Å²) in [5.41, 5.74) is 0.389. The third-order valence-electron chi connectivity index (χ3n) is 3.62. The van der Waals surface area contributed by atoms with E-state index in [1.807, 2.05) is 13.0 Å².